The second-order valence-corrected chi connectivity index (χ2v) is 6.17. The van der Waals surface area contributed by atoms with Crippen LogP contribution in [0.5, 0.6) is 5.75 Å². The minimum Gasteiger partial charge on any atom is -0.495 e. The number of ether oxygens (including phenoxy) is 1. The molecule has 0 amide bonds. The SMILES string of the molecule is COc1ccc(C(=O)CN2CCCC(N(C)C)C2)cc1Cl. The summed E-state index contributed by atoms with van der Waals surface area (Å²) >= 11 is 6.08. The Kier molecular flexibility index (Phi) is 5.62. The highest BCUT2D eigenvalue weighted by molar-refractivity contribution is 6.32. The molecule has 2 rings (SSSR count). The van der Waals surface area contributed by atoms with Crippen LogP contribution in [0.15, 0.2) is 18.2 Å². The van der Waals surface area contributed by atoms with Crippen molar-refractivity contribution in [1.82, 2.24) is 9.80 Å². The predicted octanol–water partition coefficient (Wildman–Crippen LogP) is 2.56. The fourth-order valence-electron chi connectivity index (χ4n) is 2.73. The number of likely N-dealkylation sites (tertiary alicyclic amines) is 1. The molecule has 0 N–H and O–H groups in total. The Balaban J connectivity index is 1.99. The van der Waals surface area contributed by atoms with Gasteiger partial charge in [0.05, 0.1) is 18.7 Å². The maximum Gasteiger partial charge on any atom is 0.176 e. The second kappa shape index (κ2) is 7.25. The highest BCUT2D eigenvalue weighted by Crippen LogP contribution is 2.25. The van der Waals surface area contributed by atoms with E-state index in [4.69, 9.17) is 16.3 Å². The van der Waals surface area contributed by atoms with Crippen LogP contribution >= 0.6 is 11.6 Å². The zero-order chi connectivity index (χ0) is 15.4. The Bertz CT molecular complexity index is 505. The molecule has 116 valence electrons. The molecule has 1 aromatic rings. The lowest BCUT2D eigenvalue weighted by Gasteiger charge is -2.35. The van der Waals surface area contributed by atoms with Gasteiger partial charge in [-0.05, 0) is 51.7 Å². The van der Waals surface area contributed by atoms with Crippen molar-refractivity contribution in [2.75, 3.05) is 40.8 Å². The lowest BCUT2D eigenvalue weighted by Crippen LogP contribution is -2.46. The lowest BCUT2D eigenvalue weighted by atomic mass is 10.0. The van der Waals surface area contributed by atoms with E-state index in [1.165, 1.54) is 6.42 Å². The third-order valence-electron chi connectivity index (χ3n) is 4.05. The summed E-state index contributed by atoms with van der Waals surface area (Å²) in [6, 6.07) is 5.75. The van der Waals surface area contributed by atoms with Crippen LogP contribution in [0.1, 0.15) is 23.2 Å². The van der Waals surface area contributed by atoms with Gasteiger partial charge in [0.15, 0.2) is 5.78 Å². The van der Waals surface area contributed by atoms with Crippen LogP contribution < -0.4 is 4.74 Å². The number of benzene rings is 1. The molecule has 0 aliphatic carbocycles. The van der Waals surface area contributed by atoms with Gasteiger partial charge in [-0.2, -0.15) is 0 Å². The molecular formula is C16H23ClN2O2. The first-order chi connectivity index (χ1) is 10.0. The highest BCUT2D eigenvalue weighted by Gasteiger charge is 2.23. The molecule has 1 atom stereocenters. The number of rotatable bonds is 5. The van der Waals surface area contributed by atoms with Gasteiger partial charge in [0.1, 0.15) is 5.75 Å². The molecule has 0 spiro atoms. The van der Waals surface area contributed by atoms with E-state index in [1.54, 1.807) is 25.3 Å². The van der Waals surface area contributed by atoms with Gasteiger partial charge in [0.2, 0.25) is 0 Å². The van der Waals surface area contributed by atoms with E-state index in [1.807, 2.05) is 0 Å². The van der Waals surface area contributed by atoms with E-state index in [9.17, 15) is 4.79 Å². The number of methoxy groups -OCH3 is 1. The third-order valence-corrected chi connectivity index (χ3v) is 4.35. The Labute approximate surface area is 131 Å². The number of likely N-dealkylation sites (N-methyl/N-ethyl adjacent to an activating group) is 1. The number of Topliss-reactive ketones (excluding diaryl/α,β-unsaturated/α-hetero) is 1. The summed E-state index contributed by atoms with van der Waals surface area (Å²) < 4.78 is 5.11. The summed E-state index contributed by atoms with van der Waals surface area (Å²) in [4.78, 5) is 16.9. The minimum absolute atomic E-state index is 0.110. The van der Waals surface area contributed by atoms with E-state index < -0.39 is 0 Å². The van der Waals surface area contributed by atoms with E-state index in [-0.39, 0.29) is 5.78 Å². The maximum absolute atomic E-state index is 12.4. The van der Waals surface area contributed by atoms with Gasteiger partial charge in [0.25, 0.3) is 0 Å². The van der Waals surface area contributed by atoms with Crippen LogP contribution in [0, 0.1) is 0 Å². The van der Waals surface area contributed by atoms with Crippen molar-refractivity contribution in [1.29, 1.82) is 0 Å². The number of carbonyl (C=O) groups is 1. The summed E-state index contributed by atoms with van der Waals surface area (Å²) in [7, 11) is 5.76. The third kappa shape index (κ3) is 4.19. The van der Waals surface area contributed by atoms with E-state index >= 15 is 0 Å². The molecule has 0 bridgehead atoms. The van der Waals surface area contributed by atoms with Gasteiger partial charge in [-0.25, -0.2) is 0 Å². The predicted molar refractivity (Wildman–Crippen MR) is 85.5 cm³/mol. The van der Waals surface area contributed by atoms with Gasteiger partial charge < -0.3 is 9.64 Å². The first-order valence-electron chi connectivity index (χ1n) is 7.26. The normalized spacial score (nSPS) is 19.8. The number of piperidine rings is 1. The number of hydrogen-bond donors (Lipinski definition) is 0. The molecule has 4 nitrogen and oxygen atoms in total. The van der Waals surface area contributed by atoms with Gasteiger partial charge in [-0.15, -0.1) is 0 Å². The first-order valence-corrected chi connectivity index (χ1v) is 7.64. The first kappa shape index (κ1) is 16.3. The van der Waals surface area contributed by atoms with Gasteiger partial charge >= 0.3 is 0 Å². The summed E-state index contributed by atoms with van der Waals surface area (Å²) in [5, 5.41) is 0.480. The Morgan fingerprint density at radius 1 is 1.48 bits per heavy atom. The van der Waals surface area contributed by atoms with Crippen molar-refractivity contribution in [2.24, 2.45) is 0 Å². The largest absolute Gasteiger partial charge is 0.495 e. The van der Waals surface area contributed by atoms with E-state index in [2.05, 4.69) is 23.9 Å². The fourth-order valence-corrected chi connectivity index (χ4v) is 2.99. The lowest BCUT2D eigenvalue weighted by molar-refractivity contribution is 0.0852. The van der Waals surface area contributed by atoms with E-state index in [0.29, 0.717) is 28.9 Å². The van der Waals surface area contributed by atoms with Crippen LogP contribution in [0.4, 0.5) is 0 Å². The molecule has 0 radical (unpaired) electrons. The summed E-state index contributed by atoms with van der Waals surface area (Å²) in [5.74, 6) is 0.706. The van der Waals surface area contributed by atoms with Crippen molar-refractivity contribution in [3.63, 3.8) is 0 Å². The molecule has 1 aliphatic rings. The van der Waals surface area contributed by atoms with E-state index in [0.717, 1.165) is 19.5 Å². The van der Waals surface area contributed by atoms with Gasteiger partial charge in [0, 0.05) is 18.2 Å². The number of carbonyl (C=O) groups excluding carboxylic acids is 1. The van der Waals surface area contributed by atoms with Gasteiger partial charge in [-0.1, -0.05) is 11.6 Å². The van der Waals surface area contributed by atoms with Crippen LogP contribution in [-0.2, 0) is 0 Å². The molecule has 1 saturated heterocycles. The molecule has 0 saturated carbocycles. The number of hydrogen-bond acceptors (Lipinski definition) is 4. The standard InChI is InChI=1S/C16H23ClN2O2/c1-18(2)13-5-4-8-19(10-13)11-15(20)12-6-7-16(21-3)14(17)9-12/h6-7,9,13H,4-5,8,10-11H2,1-3H3. The molecule has 21 heavy (non-hydrogen) atoms. The second-order valence-electron chi connectivity index (χ2n) is 5.77. The van der Waals surface area contributed by atoms with Gasteiger partial charge in [-0.3, -0.25) is 9.69 Å². The summed E-state index contributed by atoms with van der Waals surface area (Å²) in [5.41, 5.74) is 0.646. The molecule has 1 unspecified atom stereocenters. The topological polar surface area (TPSA) is 32.8 Å². The number of nitrogens with zero attached hydrogens (tertiary/aromatic N) is 2. The minimum atomic E-state index is 0.110. The average molecular weight is 311 g/mol. The molecule has 1 fully saturated rings. The summed E-state index contributed by atoms with van der Waals surface area (Å²) in [6.45, 7) is 2.38. The van der Waals surface area contributed by atoms with Crippen molar-refractivity contribution in [2.45, 2.75) is 18.9 Å². The average Bonchev–Trinajstić information content (AvgIpc) is 2.47. The van der Waals surface area contributed by atoms with Crippen molar-refractivity contribution < 1.29 is 9.53 Å². The maximum atomic E-state index is 12.4. The Hall–Kier alpha value is -1.10. The molecule has 5 heteroatoms. The monoisotopic (exact) mass is 310 g/mol. The number of ketones is 1. The molecule has 1 heterocycles. The van der Waals surface area contributed by atoms with Crippen LogP contribution in [0.2, 0.25) is 5.02 Å². The van der Waals surface area contributed by atoms with Crippen LogP contribution in [0.25, 0.3) is 0 Å². The Morgan fingerprint density at radius 2 is 2.24 bits per heavy atom. The molecule has 0 aromatic heterocycles. The molecule has 1 aromatic carbocycles. The smallest absolute Gasteiger partial charge is 0.176 e. The number of halogens is 1. The fraction of sp³-hybridized carbons (Fsp3) is 0.562. The molecule has 1 aliphatic heterocycles. The quantitative estimate of drug-likeness (QED) is 0.783. The summed E-state index contributed by atoms with van der Waals surface area (Å²) in [6.07, 6.45) is 2.34. The molecular weight excluding hydrogens is 288 g/mol. The highest BCUT2D eigenvalue weighted by atomic mass is 35.5. The van der Waals surface area contributed by atoms with Crippen molar-refractivity contribution >= 4 is 17.4 Å². The zero-order valence-corrected chi connectivity index (χ0v) is 13.7. The Morgan fingerprint density at radius 3 is 2.86 bits per heavy atom. The van der Waals surface area contributed by atoms with Crippen LogP contribution in [-0.4, -0.2) is 62.5 Å². The zero-order valence-electron chi connectivity index (χ0n) is 12.9. The van der Waals surface area contributed by atoms with Crippen molar-refractivity contribution in [3.8, 4) is 5.75 Å². The van der Waals surface area contributed by atoms with Crippen molar-refractivity contribution in [3.05, 3.63) is 28.8 Å². The van der Waals surface area contributed by atoms with Crippen LogP contribution in [0.3, 0.4) is 0 Å².